The second kappa shape index (κ2) is 7.33. The van der Waals surface area contributed by atoms with Crippen molar-refractivity contribution in [1.82, 2.24) is 0 Å². The highest BCUT2D eigenvalue weighted by atomic mass is 32.2. The van der Waals surface area contributed by atoms with Gasteiger partial charge in [-0.25, -0.2) is 4.79 Å². The number of thioether (sulfide) groups is 1. The monoisotopic (exact) mass is 366 g/mol. The third kappa shape index (κ3) is 3.41. The van der Waals surface area contributed by atoms with Crippen molar-refractivity contribution in [3.05, 3.63) is 64.7 Å². The summed E-state index contributed by atoms with van der Waals surface area (Å²) in [5.41, 5.74) is 0.978. The highest BCUT2D eigenvalue weighted by molar-refractivity contribution is 8.03. The lowest BCUT2D eigenvalue weighted by Crippen LogP contribution is -2.20. The number of carbonyl (C=O) groups excluding carboxylic acids is 2. The molecule has 0 saturated heterocycles. The summed E-state index contributed by atoms with van der Waals surface area (Å²) < 4.78 is 4.99. The fraction of sp³-hybridized carbons (Fsp3) is 0.105. The molecule has 1 heterocycles. The van der Waals surface area contributed by atoms with Gasteiger partial charge in [0.25, 0.3) is 0 Å². The third-order valence-corrected chi connectivity index (χ3v) is 5.00. The lowest BCUT2D eigenvalue weighted by molar-refractivity contribution is -0.118. The van der Waals surface area contributed by atoms with E-state index in [0.29, 0.717) is 5.03 Å². The van der Waals surface area contributed by atoms with Gasteiger partial charge in [0.15, 0.2) is 6.61 Å². The van der Waals surface area contributed by atoms with Crippen LogP contribution >= 0.6 is 11.8 Å². The minimum absolute atomic E-state index is 0.0580. The van der Waals surface area contributed by atoms with Crippen LogP contribution in [0.4, 0.5) is 5.69 Å². The van der Waals surface area contributed by atoms with E-state index in [9.17, 15) is 20.0 Å². The number of nitriles is 1. The minimum atomic E-state index is -0.743. The Balaban J connectivity index is 1.75. The summed E-state index contributed by atoms with van der Waals surface area (Å²) in [6, 6.07) is 15.1. The molecule has 7 heteroatoms. The Morgan fingerprint density at radius 1 is 1.23 bits per heavy atom. The number of fused-ring (bicyclic) bond motifs is 1. The molecule has 0 saturated carbocycles. The fourth-order valence-electron chi connectivity index (χ4n) is 2.47. The summed E-state index contributed by atoms with van der Waals surface area (Å²) in [5, 5.41) is 19.3. The summed E-state index contributed by atoms with van der Waals surface area (Å²) in [5.74, 6) is -1.40. The van der Waals surface area contributed by atoms with Crippen molar-refractivity contribution in [3.63, 3.8) is 0 Å². The van der Waals surface area contributed by atoms with Crippen LogP contribution < -0.4 is 4.90 Å². The predicted molar refractivity (Wildman–Crippen MR) is 96.7 cm³/mol. The molecule has 0 aromatic heterocycles. The molecule has 1 N–H and O–H groups in total. The molecular weight excluding hydrogens is 352 g/mol. The average molecular weight is 366 g/mol. The highest BCUT2D eigenvalue weighted by Crippen LogP contribution is 2.46. The van der Waals surface area contributed by atoms with Crippen LogP contribution in [0.25, 0.3) is 0 Å². The van der Waals surface area contributed by atoms with Crippen LogP contribution in [0.15, 0.2) is 64.0 Å². The first kappa shape index (κ1) is 17.6. The molecule has 2 aromatic carbocycles. The van der Waals surface area contributed by atoms with Crippen molar-refractivity contribution in [3.8, 4) is 11.8 Å². The smallest absolute Gasteiger partial charge is 0.338 e. The van der Waals surface area contributed by atoms with Gasteiger partial charge in [0.05, 0.1) is 11.3 Å². The van der Waals surface area contributed by atoms with Gasteiger partial charge in [-0.3, -0.25) is 4.79 Å². The number of rotatable bonds is 4. The maximum absolute atomic E-state index is 12.4. The first-order valence-electron chi connectivity index (χ1n) is 7.65. The number of hydrogen-bond acceptors (Lipinski definition) is 7. The summed E-state index contributed by atoms with van der Waals surface area (Å²) in [6.45, 7) is -0.550. The number of anilines is 1. The number of ketones is 1. The van der Waals surface area contributed by atoms with Gasteiger partial charge < -0.3 is 14.7 Å². The van der Waals surface area contributed by atoms with Crippen molar-refractivity contribution < 1.29 is 19.4 Å². The summed E-state index contributed by atoms with van der Waals surface area (Å²) in [6.07, 6.45) is 0. The Morgan fingerprint density at radius 3 is 2.69 bits per heavy atom. The second-order valence-electron chi connectivity index (χ2n) is 5.47. The van der Waals surface area contributed by atoms with Crippen LogP contribution in [0, 0.1) is 11.3 Å². The molecule has 6 nitrogen and oxygen atoms in total. The van der Waals surface area contributed by atoms with Gasteiger partial charge in [0.2, 0.25) is 5.78 Å². The molecule has 0 fully saturated rings. The van der Waals surface area contributed by atoms with E-state index in [-0.39, 0.29) is 16.9 Å². The largest absolute Gasteiger partial charge is 0.508 e. The molecule has 0 atom stereocenters. The summed E-state index contributed by atoms with van der Waals surface area (Å²) in [4.78, 5) is 27.1. The van der Waals surface area contributed by atoms with Crippen LogP contribution in [-0.4, -0.2) is 30.5 Å². The van der Waals surface area contributed by atoms with E-state index in [1.807, 2.05) is 30.3 Å². The molecule has 2 aromatic rings. The number of phenolic OH excluding ortho intramolecular Hbond substituents is 1. The van der Waals surface area contributed by atoms with E-state index in [1.54, 1.807) is 11.9 Å². The Morgan fingerprint density at radius 2 is 2.00 bits per heavy atom. The average Bonchev–Trinajstić information content (AvgIpc) is 2.97. The lowest BCUT2D eigenvalue weighted by atomic mass is 10.2. The number of phenols is 1. The van der Waals surface area contributed by atoms with Crippen LogP contribution in [0.3, 0.4) is 0 Å². The Kier molecular flexibility index (Phi) is 4.96. The van der Waals surface area contributed by atoms with Gasteiger partial charge in [-0.15, -0.1) is 0 Å². The van der Waals surface area contributed by atoms with Gasteiger partial charge in [0.1, 0.15) is 22.4 Å². The molecular formula is C19H14N2O4S. The molecule has 1 aliphatic rings. The lowest BCUT2D eigenvalue weighted by Gasteiger charge is -2.14. The van der Waals surface area contributed by atoms with Gasteiger partial charge >= 0.3 is 5.97 Å². The van der Waals surface area contributed by atoms with E-state index in [4.69, 9.17) is 4.74 Å². The van der Waals surface area contributed by atoms with Gasteiger partial charge in [-0.2, -0.15) is 5.26 Å². The van der Waals surface area contributed by atoms with Crippen molar-refractivity contribution in [2.45, 2.75) is 4.90 Å². The van der Waals surface area contributed by atoms with Crippen LogP contribution in [0.1, 0.15) is 10.4 Å². The molecule has 0 unspecified atom stereocenters. The normalized spacial score (nSPS) is 14.4. The Bertz CT molecular complexity index is 962. The number of benzene rings is 2. The standard InChI is InChI=1S/C19H14N2O4S/c1-21-15-7-2-3-8-17(15)26-18(21)14(10-20)16(23)11-25-19(24)12-5-4-6-13(22)9-12/h2-9,22H,11H2,1H3/b18-14+. The number of nitrogens with zero attached hydrogens (tertiary/aromatic N) is 2. The molecule has 0 bridgehead atoms. The molecule has 1 aliphatic heterocycles. The number of para-hydroxylation sites is 1. The SMILES string of the molecule is CN1/C(=C(/C#N)C(=O)COC(=O)c2cccc(O)c2)Sc2ccccc21. The number of hydrogen-bond donors (Lipinski definition) is 1. The Labute approximate surface area is 154 Å². The van der Waals surface area contributed by atoms with Crippen LogP contribution in [-0.2, 0) is 9.53 Å². The molecule has 26 heavy (non-hydrogen) atoms. The van der Waals surface area contributed by atoms with E-state index in [2.05, 4.69) is 0 Å². The van der Waals surface area contributed by atoms with Crippen molar-refractivity contribution in [1.29, 1.82) is 5.26 Å². The highest BCUT2D eigenvalue weighted by Gasteiger charge is 2.28. The maximum atomic E-state index is 12.4. The van der Waals surface area contributed by atoms with E-state index < -0.39 is 18.4 Å². The molecule has 0 aliphatic carbocycles. The molecule has 0 amide bonds. The number of ether oxygens (including phenoxy) is 1. The van der Waals surface area contributed by atoms with Gasteiger partial charge in [-0.05, 0) is 30.3 Å². The summed E-state index contributed by atoms with van der Waals surface area (Å²) >= 11 is 1.33. The minimum Gasteiger partial charge on any atom is -0.508 e. The molecule has 130 valence electrons. The quantitative estimate of drug-likeness (QED) is 0.505. The topological polar surface area (TPSA) is 90.6 Å². The van der Waals surface area contributed by atoms with Crippen molar-refractivity contribution >= 4 is 29.2 Å². The van der Waals surface area contributed by atoms with Gasteiger partial charge in [0, 0.05) is 11.9 Å². The van der Waals surface area contributed by atoms with E-state index >= 15 is 0 Å². The molecule has 3 rings (SSSR count). The number of aromatic hydroxyl groups is 1. The van der Waals surface area contributed by atoms with Gasteiger partial charge in [-0.1, -0.05) is 30.0 Å². The zero-order valence-electron chi connectivity index (χ0n) is 13.8. The Hall–Kier alpha value is -3.24. The maximum Gasteiger partial charge on any atom is 0.338 e. The zero-order chi connectivity index (χ0) is 18.7. The van der Waals surface area contributed by atoms with Crippen molar-refractivity contribution in [2.75, 3.05) is 18.6 Å². The summed E-state index contributed by atoms with van der Waals surface area (Å²) in [7, 11) is 1.78. The first-order chi connectivity index (χ1) is 12.5. The van der Waals surface area contributed by atoms with E-state index in [0.717, 1.165) is 10.6 Å². The fourth-order valence-corrected chi connectivity index (χ4v) is 3.63. The van der Waals surface area contributed by atoms with Crippen LogP contribution in [0.5, 0.6) is 5.75 Å². The number of carbonyl (C=O) groups is 2. The first-order valence-corrected chi connectivity index (χ1v) is 8.47. The zero-order valence-corrected chi connectivity index (χ0v) is 14.6. The number of Topliss-reactive ketones (excluding diaryl/α,β-unsaturated/α-hetero) is 1. The number of esters is 1. The second-order valence-corrected chi connectivity index (χ2v) is 6.50. The van der Waals surface area contributed by atoms with E-state index in [1.165, 1.54) is 36.0 Å². The molecule has 0 spiro atoms. The van der Waals surface area contributed by atoms with Crippen LogP contribution in [0.2, 0.25) is 0 Å². The predicted octanol–water partition coefficient (Wildman–Crippen LogP) is 3.10. The third-order valence-electron chi connectivity index (χ3n) is 3.76. The van der Waals surface area contributed by atoms with Crippen molar-refractivity contribution in [2.24, 2.45) is 0 Å². The molecule has 0 radical (unpaired) electrons.